The molecule has 0 aliphatic rings. The summed E-state index contributed by atoms with van der Waals surface area (Å²) in [6, 6.07) is 13.3. The van der Waals surface area contributed by atoms with E-state index in [0.29, 0.717) is 5.69 Å². The van der Waals surface area contributed by atoms with Crippen molar-refractivity contribution in [3.8, 4) is 6.07 Å². The minimum Gasteiger partial charge on any atom is -0.386 e. The van der Waals surface area contributed by atoms with Crippen LogP contribution in [0.15, 0.2) is 42.0 Å². The number of halogens is 2. The van der Waals surface area contributed by atoms with Gasteiger partial charge in [0.25, 0.3) is 5.91 Å². The maximum atomic E-state index is 12.3. The molecule has 2 rings (SSSR count). The summed E-state index contributed by atoms with van der Waals surface area (Å²) in [6.45, 7) is 1.95. The van der Waals surface area contributed by atoms with Gasteiger partial charge in [-0.05, 0) is 93.6 Å². The van der Waals surface area contributed by atoms with Gasteiger partial charge >= 0.3 is 0 Å². The first kappa shape index (κ1) is 18.7. The summed E-state index contributed by atoms with van der Waals surface area (Å²) in [6.07, 6.45) is 1.61. The first-order valence-corrected chi connectivity index (χ1v) is 9.27. The fourth-order valence-corrected chi connectivity index (χ4v) is 4.51. The molecule has 6 heteroatoms. The minimum absolute atomic E-state index is 0.0697. The molecule has 0 aromatic heterocycles. The van der Waals surface area contributed by atoms with Crippen LogP contribution in [0.5, 0.6) is 0 Å². The Balaban J connectivity index is 2.29. The van der Waals surface area contributed by atoms with Crippen LogP contribution in [-0.4, -0.2) is 13.0 Å². The normalized spacial score (nSPS) is 10.9. The lowest BCUT2D eigenvalue weighted by Crippen LogP contribution is -2.13. The van der Waals surface area contributed by atoms with Crippen molar-refractivity contribution in [1.29, 1.82) is 5.26 Å². The highest BCUT2D eigenvalue weighted by Gasteiger charge is 2.11. The summed E-state index contributed by atoms with van der Waals surface area (Å²) in [4.78, 5) is 12.3. The number of hydrogen-bond acceptors (Lipinski definition) is 3. The molecular weight excluding hydrogens is 528 g/mol. The number of nitrogens with one attached hydrogen (secondary N) is 2. The number of hydrogen-bond donors (Lipinski definition) is 2. The van der Waals surface area contributed by atoms with Gasteiger partial charge in [0.1, 0.15) is 11.6 Å². The van der Waals surface area contributed by atoms with Gasteiger partial charge in [0.05, 0.1) is 5.69 Å². The van der Waals surface area contributed by atoms with Gasteiger partial charge in [0.2, 0.25) is 0 Å². The van der Waals surface area contributed by atoms with Crippen molar-refractivity contribution in [2.24, 2.45) is 0 Å². The highest BCUT2D eigenvalue weighted by atomic mass is 127. The third kappa shape index (κ3) is 4.70. The lowest BCUT2D eigenvalue weighted by atomic mass is 10.1. The van der Waals surface area contributed by atoms with Crippen molar-refractivity contribution in [1.82, 2.24) is 0 Å². The van der Waals surface area contributed by atoms with E-state index in [1.54, 1.807) is 12.1 Å². The molecule has 4 nitrogen and oxygen atoms in total. The fraction of sp³-hybridized carbons (Fsp3) is 0.111. The first-order valence-electron chi connectivity index (χ1n) is 7.11. The van der Waals surface area contributed by atoms with Crippen molar-refractivity contribution >= 4 is 68.5 Å². The van der Waals surface area contributed by atoms with Gasteiger partial charge < -0.3 is 10.6 Å². The predicted octanol–water partition coefficient (Wildman–Crippen LogP) is 4.79. The number of carbonyl (C=O) groups excluding carboxylic acids is 1. The number of benzene rings is 2. The van der Waals surface area contributed by atoms with Crippen LogP contribution in [0.1, 0.15) is 11.1 Å². The Hall–Kier alpha value is -1.60. The summed E-state index contributed by atoms with van der Waals surface area (Å²) >= 11 is 4.46. The Morgan fingerprint density at radius 2 is 1.88 bits per heavy atom. The Labute approximate surface area is 168 Å². The lowest BCUT2D eigenvalue weighted by Gasteiger charge is -2.09. The highest BCUT2D eigenvalue weighted by Crippen LogP contribution is 2.27. The van der Waals surface area contributed by atoms with E-state index in [1.807, 2.05) is 50.4 Å². The van der Waals surface area contributed by atoms with E-state index in [2.05, 4.69) is 55.8 Å². The minimum atomic E-state index is -0.411. The van der Waals surface area contributed by atoms with E-state index in [0.717, 1.165) is 24.0 Å². The number of anilines is 2. The third-order valence-electron chi connectivity index (χ3n) is 3.27. The number of nitrogens with zero attached hydrogens (tertiary/aromatic N) is 1. The van der Waals surface area contributed by atoms with Gasteiger partial charge in [-0.1, -0.05) is 12.1 Å². The molecule has 0 fully saturated rings. The van der Waals surface area contributed by atoms with Crippen LogP contribution in [0, 0.1) is 25.4 Å². The van der Waals surface area contributed by atoms with Gasteiger partial charge in [-0.3, -0.25) is 4.79 Å². The van der Waals surface area contributed by atoms with Crippen molar-refractivity contribution in [3.63, 3.8) is 0 Å². The van der Waals surface area contributed by atoms with E-state index in [9.17, 15) is 10.1 Å². The first-order chi connectivity index (χ1) is 11.4. The molecule has 0 saturated carbocycles. The molecule has 0 saturated heterocycles. The highest BCUT2D eigenvalue weighted by molar-refractivity contribution is 14.1. The van der Waals surface area contributed by atoms with Gasteiger partial charge in [0.15, 0.2) is 0 Å². The van der Waals surface area contributed by atoms with E-state index < -0.39 is 5.91 Å². The number of carbonyl (C=O) groups is 1. The van der Waals surface area contributed by atoms with Crippen molar-refractivity contribution in [3.05, 3.63) is 60.2 Å². The molecule has 2 N–H and O–H groups in total. The van der Waals surface area contributed by atoms with Crippen LogP contribution in [0.25, 0.3) is 6.08 Å². The van der Waals surface area contributed by atoms with E-state index in [1.165, 1.54) is 0 Å². The van der Waals surface area contributed by atoms with Gasteiger partial charge in [-0.15, -0.1) is 0 Å². The molecule has 0 heterocycles. The molecule has 122 valence electrons. The third-order valence-corrected chi connectivity index (χ3v) is 4.97. The SMILES string of the molecule is CNc1c(I)cc(/C=C(/C#N)C(=O)Nc2cccc(C)c2)cc1I. The fourth-order valence-electron chi connectivity index (χ4n) is 2.15. The smallest absolute Gasteiger partial charge is 0.266 e. The second-order valence-corrected chi connectivity index (χ2v) is 7.43. The van der Waals surface area contributed by atoms with Gasteiger partial charge in [-0.2, -0.15) is 5.26 Å². The quantitative estimate of drug-likeness (QED) is 0.332. The number of rotatable bonds is 4. The molecule has 2 aromatic carbocycles. The van der Waals surface area contributed by atoms with Crippen LogP contribution in [0.4, 0.5) is 11.4 Å². The maximum Gasteiger partial charge on any atom is 0.266 e. The number of amides is 1. The average molecular weight is 543 g/mol. The average Bonchev–Trinajstić information content (AvgIpc) is 2.52. The Bertz CT molecular complexity index is 831. The van der Waals surface area contributed by atoms with E-state index >= 15 is 0 Å². The zero-order valence-electron chi connectivity index (χ0n) is 13.2. The summed E-state index contributed by atoms with van der Waals surface area (Å²) in [5.74, 6) is -0.411. The zero-order chi connectivity index (χ0) is 17.7. The standard InChI is InChI=1S/C18H15I2N3O/c1-11-4-3-5-14(6-11)23-18(24)13(10-21)7-12-8-15(19)17(22-2)16(20)9-12/h3-9,22H,1-2H3,(H,23,24)/b13-7-. The van der Waals surface area contributed by atoms with Crippen LogP contribution >= 0.6 is 45.2 Å². The van der Waals surface area contributed by atoms with Gasteiger partial charge in [-0.25, -0.2) is 0 Å². The molecule has 0 spiro atoms. The second kappa shape index (κ2) is 8.48. The molecule has 1 amide bonds. The monoisotopic (exact) mass is 543 g/mol. The largest absolute Gasteiger partial charge is 0.386 e. The number of aryl methyl sites for hydroxylation is 1. The predicted molar refractivity (Wildman–Crippen MR) is 115 cm³/mol. The molecule has 0 aliphatic carbocycles. The van der Waals surface area contributed by atoms with Crippen molar-refractivity contribution in [2.75, 3.05) is 17.7 Å². The Kier molecular flexibility index (Phi) is 6.62. The summed E-state index contributed by atoms with van der Waals surface area (Å²) in [7, 11) is 1.87. The molecule has 0 bridgehead atoms. The number of nitriles is 1. The molecule has 0 radical (unpaired) electrons. The van der Waals surface area contributed by atoms with Crippen molar-refractivity contribution < 1.29 is 4.79 Å². The van der Waals surface area contributed by atoms with Crippen LogP contribution in [0.2, 0.25) is 0 Å². The molecule has 0 aliphatic heterocycles. The molecule has 24 heavy (non-hydrogen) atoms. The van der Waals surface area contributed by atoms with Crippen LogP contribution < -0.4 is 10.6 Å². The second-order valence-electron chi connectivity index (χ2n) is 5.10. The van der Waals surface area contributed by atoms with Gasteiger partial charge in [0, 0.05) is 19.9 Å². The summed E-state index contributed by atoms with van der Waals surface area (Å²) in [5.41, 5.74) is 3.65. The van der Waals surface area contributed by atoms with E-state index in [4.69, 9.17) is 0 Å². The topological polar surface area (TPSA) is 64.9 Å². The molecule has 0 atom stereocenters. The summed E-state index contributed by atoms with van der Waals surface area (Å²) < 4.78 is 2.06. The van der Waals surface area contributed by atoms with Crippen LogP contribution in [0.3, 0.4) is 0 Å². The molecular formula is C18H15I2N3O. The molecule has 0 unspecified atom stereocenters. The van der Waals surface area contributed by atoms with E-state index in [-0.39, 0.29) is 5.57 Å². The van der Waals surface area contributed by atoms with Crippen LogP contribution in [-0.2, 0) is 4.79 Å². The maximum absolute atomic E-state index is 12.3. The Morgan fingerprint density at radius 1 is 1.21 bits per heavy atom. The zero-order valence-corrected chi connectivity index (χ0v) is 17.5. The lowest BCUT2D eigenvalue weighted by molar-refractivity contribution is -0.112. The van der Waals surface area contributed by atoms with Crippen molar-refractivity contribution in [2.45, 2.75) is 6.92 Å². The Morgan fingerprint density at radius 3 is 2.42 bits per heavy atom. The summed E-state index contributed by atoms with van der Waals surface area (Å²) in [5, 5.41) is 15.2. The molecule has 2 aromatic rings.